The average Bonchev–Trinajstić information content (AvgIpc) is 2.35. The average molecular weight is 250 g/mol. The zero-order valence-electron chi connectivity index (χ0n) is 6.45. The number of nitrogens with zero attached hydrogens (tertiary/aromatic N) is 1. The van der Waals surface area contributed by atoms with Crippen molar-refractivity contribution in [1.29, 1.82) is 0 Å². The van der Waals surface area contributed by atoms with E-state index >= 15 is 0 Å². The molecule has 0 aromatic carbocycles. The molecular weight excluding hydrogens is 242 g/mol. The summed E-state index contributed by atoms with van der Waals surface area (Å²) in [6.07, 6.45) is 0.497. The number of aromatic nitrogens is 1. The number of thiazole rings is 1. The normalized spacial score (nSPS) is 12.8. The highest BCUT2D eigenvalue weighted by Gasteiger charge is 2.12. The number of carbonyl (C=O) groups is 1. The topological polar surface area (TPSA) is 50.2 Å². The van der Waals surface area contributed by atoms with E-state index < -0.39 is 5.97 Å². The van der Waals surface area contributed by atoms with E-state index in [0.29, 0.717) is 6.42 Å². The van der Waals surface area contributed by atoms with Crippen LogP contribution in [0, 0.1) is 5.92 Å². The molecule has 0 spiro atoms. The van der Waals surface area contributed by atoms with Crippen molar-refractivity contribution < 1.29 is 9.90 Å². The molecule has 1 unspecified atom stereocenters. The fourth-order valence-electron chi connectivity index (χ4n) is 0.777. The molecule has 12 heavy (non-hydrogen) atoms. The van der Waals surface area contributed by atoms with Crippen molar-refractivity contribution in [3.05, 3.63) is 15.0 Å². The molecular formula is C7H8BrNO2S. The molecule has 1 atom stereocenters. The molecule has 1 rings (SSSR count). The molecule has 0 fully saturated rings. The number of aliphatic carboxylic acids is 1. The molecule has 0 saturated heterocycles. The van der Waals surface area contributed by atoms with E-state index in [9.17, 15) is 4.79 Å². The maximum Gasteiger partial charge on any atom is 0.306 e. The molecule has 3 nitrogen and oxygen atoms in total. The predicted molar refractivity (Wildman–Crippen MR) is 50.3 cm³/mol. The van der Waals surface area contributed by atoms with Gasteiger partial charge >= 0.3 is 5.97 Å². The summed E-state index contributed by atoms with van der Waals surface area (Å²) in [4.78, 5) is 14.6. The Morgan fingerprint density at radius 3 is 3.00 bits per heavy atom. The van der Waals surface area contributed by atoms with Gasteiger partial charge in [-0.2, -0.15) is 0 Å². The van der Waals surface area contributed by atoms with E-state index in [-0.39, 0.29) is 5.92 Å². The van der Waals surface area contributed by atoms with Crippen molar-refractivity contribution in [2.24, 2.45) is 5.92 Å². The van der Waals surface area contributed by atoms with Crippen LogP contribution in [0.2, 0.25) is 0 Å². The molecule has 0 radical (unpaired) electrons. The first-order valence-corrected chi connectivity index (χ1v) is 5.09. The Balaban J connectivity index is 2.58. The zero-order chi connectivity index (χ0) is 9.14. The van der Waals surface area contributed by atoms with Crippen LogP contribution in [0.1, 0.15) is 12.6 Å². The first kappa shape index (κ1) is 9.67. The Morgan fingerprint density at radius 2 is 2.58 bits per heavy atom. The molecule has 1 N–H and O–H groups in total. The summed E-state index contributed by atoms with van der Waals surface area (Å²) in [5.74, 6) is -1.14. The number of rotatable bonds is 3. The fourth-order valence-corrected chi connectivity index (χ4v) is 1.84. The Hall–Kier alpha value is -0.420. The summed E-state index contributed by atoms with van der Waals surface area (Å²) in [7, 11) is 0. The van der Waals surface area contributed by atoms with E-state index in [1.165, 1.54) is 11.3 Å². The molecule has 0 bridgehead atoms. The first-order valence-electron chi connectivity index (χ1n) is 3.42. The number of carboxylic acid groups (broad SMARTS) is 1. The van der Waals surface area contributed by atoms with Gasteiger partial charge in [0.1, 0.15) is 0 Å². The number of hydrogen-bond acceptors (Lipinski definition) is 3. The van der Waals surface area contributed by atoms with Gasteiger partial charge in [0, 0.05) is 11.8 Å². The molecule has 0 aliphatic carbocycles. The van der Waals surface area contributed by atoms with Crippen LogP contribution < -0.4 is 0 Å². The van der Waals surface area contributed by atoms with Gasteiger partial charge in [-0.15, -0.1) is 11.3 Å². The van der Waals surface area contributed by atoms with Crippen LogP contribution in [-0.4, -0.2) is 16.1 Å². The summed E-state index contributed by atoms with van der Waals surface area (Å²) in [6.45, 7) is 1.68. The largest absolute Gasteiger partial charge is 0.481 e. The van der Waals surface area contributed by atoms with Gasteiger partial charge in [0.2, 0.25) is 0 Å². The highest BCUT2D eigenvalue weighted by atomic mass is 79.9. The van der Waals surface area contributed by atoms with Gasteiger partial charge < -0.3 is 5.11 Å². The van der Waals surface area contributed by atoms with Gasteiger partial charge in [-0.05, 0) is 15.9 Å². The van der Waals surface area contributed by atoms with Crippen molar-refractivity contribution in [3.63, 3.8) is 0 Å². The van der Waals surface area contributed by atoms with Crippen LogP contribution in [-0.2, 0) is 11.2 Å². The number of carboxylic acids is 1. The van der Waals surface area contributed by atoms with E-state index in [1.807, 2.05) is 5.38 Å². The first-order chi connectivity index (χ1) is 5.59. The third kappa shape index (κ3) is 2.57. The van der Waals surface area contributed by atoms with Gasteiger partial charge in [0.05, 0.1) is 11.6 Å². The Labute approximate surface area is 82.6 Å². The highest BCUT2D eigenvalue weighted by molar-refractivity contribution is 9.11. The van der Waals surface area contributed by atoms with Gasteiger partial charge in [0.15, 0.2) is 3.92 Å². The summed E-state index contributed by atoms with van der Waals surface area (Å²) in [6, 6.07) is 0. The Morgan fingerprint density at radius 1 is 1.92 bits per heavy atom. The van der Waals surface area contributed by atoms with E-state index in [2.05, 4.69) is 20.9 Å². The molecule has 0 aliphatic heterocycles. The van der Waals surface area contributed by atoms with Crippen molar-refractivity contribution in [1.82, 2.24) is 4.98 Å². The monoisotopic (exact) mass is 249 g/mol. The lowest BCUT2D eigenvalue weighted by atomic mass is 10.1. The second kappa shape index (κ2) is 4.00. The SMILES string of the molecule is CC(Cc1csc(Br)n1)C(=O)O. The third-order valence-electron chi connectivity index (χ3n) is 1.46. The van der Waals surface area contributed by atoms with E-state index in [1.54, 1.807) is 6.92 Å². The lowest BCUT2D eigenvalue weighted by Gasteiger charge is -2.01. The second-order valence-corrected chi connectivity index (χ2v) is 4.67. The minimum atomic E-state index is -0.779. The Kier molecular flexibility index (Phi) is 3.22. The highest BCUT2D eigenvalue weighted by Crippen LogP contribution is 2.18. The second-order valence-electron chi connectivity index (χ2n) is 2.54. The van der Waals surface area contributed by atoms with Crippen LogP contribution in [0.4, 0.5) is 0 Å². The molecule has 0 amide bonds. The van der Waals surface area contributed by atoms with E-state index in [0.717, 1.165) is 9.61 Å². The van der Waals surface area contributed by atoms with Crippen LogP contribution in [0.3, 0.4) is 0 Å². The molecule has 5 heteroatoms. The van der Waals surface area contributed by atoms with Crippen molar-refractivity contribution in [2.75, 3.05) is 0 Å². The van der Waals surface area contributed by atoms with E-state index in [4.69, 9.17) is 5.11 Å². The molecule has 1 aromatic rings. The third-order valence-corrected chi connectivity index (χ3v) is 2.87. The maximum absolute atomic E-state index is 10.5. The molecule has 1 heterocycles. The van der Waals surface area contributed by atoms with Crippen molar-refractivity contribution in [3.8, 4) is 0 Å². The molecule has 0 aliphatic rings. The zero-order valence-corrected chi connectivity index (χ0v) is 8.85. The lowest BCUT2D eigenvalue weighted by Crippen LogP contribution is -2.12. The molecule has 0 saturated carbocycles. The van der Waals surface area contributed by atoms with Crippen LogP contribution in [0.5, 0.6) is 0 Å². The van der Waals surface area contributed by atoms with Gasteiger partial charge in [-0.3, -0.25) is 4.79 Å². The molecule has 1 aromatic heterocycles. The summed E-state index contributed by atoms with van der Waals surface area (Å²) in [5, 5.41) is 10.5. The number of hydrogen-bond donors (Lipinski definition) is 1. The van der Waals surface area contributed by atoms with Gasteiger partial charge in [-0.1, -0.05) is 6.92 Å². The van der Waals surface area contributed by atoms with Crippen molar-refractivity contribution in [2.45, 2.75) is 13.3 Å². The fraction of sp³-hybridized carbons (Fsp3) is 0.429. The summed E-state index contributed by atoms with van der Waals surface area (Å²) >= 11 is 4.69. The quantitative estimate of drug-likeness (QED) is 0.894. The minimum absolute atomic E-state index is 0.362. The number of halogens is 1. The summed E-state index contributed by atoms with van der Waals surface area (Å²) in [5.41, 5.74) is 0.835. The standard InChI is InChI=1S/C7H8BrNO2S/c1-4(6(10)11)2-5-3-12-7(8)9-5/h3-4H,2H2,1H3,(H,10,11). The smallest absolute Gasteiger partial charge is 0.306 e. The van der Waals surface area contributed by atoms with Crippen LogP contribution in [0.25, 0.3) is 0 Å². The predicted octanol–water partition coefficient (Wildman–Crippen LogP) is 2.17. The van der Waals surface area contributed by atoms with Crippen LogP contribution >= 0.6 is 27.3 Å². The van der Waals surface area contributed by atoms with Crippen molar-refractivity contribution >= 4 is 33.2 Å². The minimum Gasteiger partial charge on any atom is -0.481 e. The molecule has 66 valence electrons. The summed E-state index contributed by atoms with van der Waals surface area (Å²) < 4.78 is 0.801. The Bertz CT molecular complexity index is 287. The van der Waals surface area contributed by atoms with Gasteiger partial charge in [0.25, 0.3) is 0 Å². The lowest BCUT2D eigenvalue weighted by molar-refractivity contribution is -0.141. The maximum atomic E-state index is 10.5. The van der Waals surface area contributed by atoms with Gasteiger partial charge in [-0.25, -0.2) is 4.98 Å². The van der Waals surface area contributed by atoms with Crippen LogP contribution in [0.15, 0.2) is 9.30 Å².